The zero-order valence-corrected chi connectivity index (χ0v) is 41.8. The Bertz CT molecular complexity index is 1890. The zero-order valence-electron chi connectivity index (χ0n) is 32.3. The molecule has 1 amide bonds. The fraction of sp³-hybridized carbons (Fsp3) is 0.512. The van der Waals surface area contributed by atoms with Gasteiger partial charge in [-0.1, -0.05) is 68.5 Å². The molecule has 6 N–H and O–H groups in total. The molecule has 6 rings (SSSR count). The predicted octanol–water partition coefficient (Wildman–Crippen LogP) is 2.25. The number of hydrogen-bond donors (Lipinski definition) is 6. The second kappa shape index (κ2) is 17.7. The van der Waals surface area contributed by atoms with Crippen molar-refractivity contribution in [1.82, 2.24) is 5.32 Å². The molecule has 2 saturated carbocycles. The number of nitrogens with one attached hydrogen (secondary N) is 1. The van der Waals surface area contributed by atoms with E-state index in [9.17, 15) is 44.7 Å². The monoisotopic (exact) mass is 1200 g/mol. The molecule has 2 bridgehead atoms. The summed E-state index contributed by atoms with van der Waals surface area (Å²) in [6.07, 6.45) is -8.63. The Morgan fingerprint density at radius 1 is 0.964 bits per heavy atom. The minimum Gasteiger partial charge on any atom is -0.456 e. The number of allylic oxidation sites excluding steroid dienone is 1. The molecule has 2 radical (unpaired) electrons. The molecule has 1 aliphatic heterocycles. The van der Waals surface area contributed by atoms with Gasteiger partial charge in [0.2, 0.25) is 5.91 Å². The summed E-state index contributed by atoms with van der Waals surface area (Å²) in [6, 6.07) is 15.0. The number of esters is 2. The summed E-state index contributed by atoms with van der Waals surface area (Å²) in [5.74, 6) is -5.02. The number of aliphatic hydroxyl groups excluding tert-OH is 3. The van der Waals surface area contributed by atoms with E-state index in [-0.39, 0.29) is 118 Å². The van der Waals surface area contributed by atoms with Crippen LogP contribution in [0.1, 0.15) is 76.3 Å². The second-order valence-corrected chi connectivity index (χ2v) is 15.8. The number of aliphatic hydroxyl groups is 5. The third-order valence-electron chi connectivity index (χ3n) is 12.7. The van der Waals surface area contributed by atoms with Crippen LogP contribution in [0.5, 0.6) is 0 Å². The van der Waals surface area contributed by atoms with Crippen LogP contribution in [-0.4, -0.2) is 104 Å². The topological polar surface area (TPSA) is 209 Å². The average Bonchev–Trinajstić information content (AvgIpc) is 3.15. The number of rotatable bonds is 8. The van der Waals surface area contributed by atoms with E-state index in [2.05, 4.69) is 5.32 Å². The van der Waals surface area contributed by atoms with Crippen LogP contribution in [0.15, 0.2) is 83.5 Å². The van der Waals surface area contributed by atoms with Gasteiger partial charge >= 0.3 is 11.9 Å². The number of ketones is 1. The van der Waals surface area contributed by atoms with Crippen molar-refractivity contribution in [2.75, 3.05) is 6.61 Å². The van der Waals surface area contributed by atoms with E-state index in [1.807, 2.05) is 0 Å². The summed E-state index contributed by atoms with van der Waals surface area (Å²) in [5, 5.41) is 63.3. The number of hydrogen-bond acceptors (Lipinski definition) is 12. The van der Waals surface area contributed by atoms with Gasteiger partial charge in [-0.3, -0.25) is 9.59 Å². The van der Waals surface area contributed by atoms with Gasteiger partial charge in [0.1, 0.15) is 29.5 Å². The summed E-state index contributed by atoms with van der Waals surface area (Å²) in [4.78, 5) is 55.5. The molecular weight excluding hydrogens is 1150 g/mol. The fourth-order valence-electron chi connectivity index (χ4n) is 9.11. The van der Waals surface area contributed by atoms with E-state index in [1.54, 1.807) is 82.3 Å². The molecule has 3 fully saturated rings. The number of benzene rings is 2. The number of carbonyl (C=O) groups is 4. The molecule has 296 valence electrons. The van der Waals surface area contributed by atoms with Crippen molar-refractivity contribution < 1.29 is 147 Å². The van der Waals surface area contributed by atoms with Crippen molar-refractivity contribution >= 4 is 23.6 Å². The molecule has 3 aliphatic carbocycles. The SMILES string of the molecule is C/C=C(\C)C(=O)NC(c1ccccc1)C(O)C(=O)OC1CC2(O)C(OC(=O)c3ccccc3)C3C4(O)COC4CC(O)[C@@]3(C)C(=O)C(O)C(=C1C)C2(C)C.[Ac].[Ac]. The van der Waals surface area contributed by atoms with Gasteiger partial charge in [-0.05, 0) is 56.5 Å². The van der Waals surface area contributed by atoms with Gasteiger partial charge in [-0.15, -0.1) is 0 Å². The van der Waals surface area contributed by atoms with Crippen molar-refractivity contribution in [1.29, 1.82) is 0 Å². The Balaban J connectivity index is 0.00000348. The van der Waals surface area contributed by atoms with Crippen molar-refractivity contribution in [2.45, 2.75) is 108 Å². The van der Waals surface area contributed by atoms with E-state index in [0.29, 0.717) is 11.1 Å². The third kappa shape index (κ3) is 7.74. The van der Waals surface area contributed by atoms with Crippen LogP contribution >= 0.6 is 0 Å². The molecule has 1 saturated heterocycles. The molecular formula is C41H49Ac2NO12. The van der Waals surface area contributed by atoms with Crippen LogP contribution in [0.25, 0.3) is 0 Å². The summed E-state index contributed by atoms with van der Waals surface area (Å²) in [6.45, 7) is 8.96. The maximum absolute atomic E-state index is 14.7. The summed E-state index contributed by atoms with van der Waals surface area (Å²) < 4.78 is 17.8. The number of Topliss-reactive ketones (excluding diaryl/α,β-unsaturated/α-hetero) is 1. The van der Waals surface area contributed by atoms with E-state index in [4.69, 9.17) is 14.2 Å². The minimum atomic E-state index is -2.29. The molecule has 2 aromatic rings. The first kappa shape index (κ1) is 47.3. The van der Waals surface area contributed by atoms with Gasteiger partial charge in [-0.2, -0.15) is 0 Å². The van der Waals surface area contributed by atoms with Crippen molar-refractivity contribution in [3.8, 4) is 0 Å². The molecule has 4 aliphatic rings. The van der Waals surface area contributed by atoms with E-state index >= 15 is 0 Å². The van der Waals surface area contributed by atoms with Crippen LogP contribution < -0.4 is 5.32 Å². The van der Waals surface area contributed by atoms with Gasteiger partial charge < -0.3 is 45.1 Å². The molecule has 0 spiro atoms. The van der Waals surface area contributed by atoms with E-state index < -0.39 is 101 Å². The second-order valence-electron chi connectivity index (χ2n) is 15.8. The summed E-state index contributed by atoms with van der Waals surface area (Å²) in [5.41, 5.74) is -6.72. The Morgan fingerprint density at radius 3 is 2.11 bits per heavy atom. The number of carbonyl (C=O) groups excluding carboxylic acids is 4. The summed E-state index contributed by atoms with van der Waals surface area (Å²) in [7, 11) is 0. The van der Waals surface area contributed by atoms with E-state index in [0.717, 1.165) is 0 Å². The largest absolute Gasteiger partial charge is 0.456 e. The molecule has 10 unspecified atom stereocenters. The molecule has 13 nitrogen and oxygen atoms in total. The molecule has 1 heterocycles. The molecule has 56 heavy (non-hydrogen) atoms. The van der Waals surface area contributed by atoms with Gasteiger partial charge in [0.25, 0.3) is 0 Å². The Labute approximate surface area is 397 Å². The van der Waals surface area contributed by atoms with Gasteiger partial charge in [0.05, 0.1) is 35.8 Å². The van der Waals surface area contributed by atoms with Crippen molar-refractivity contribution in [3.63, 3.8) is 0 Å². The minimum absolute atomic E-state index is 0. The van der Waals surface area contributed by atoms with Crippen LogP contribution in [0.4, 0.5) is 0 Å². The maximum Gasteiger partial charge on any atom is 0.338 e. The van der Waals surface area contributed by atoms with Gasteiger partial charge in [-0.25, -0.2) is 9.59 Å². The van der Waals surface area contributed by atoms with Crippen LogP contribution in [0.3, 0.4) is 0 Å². The first-order valence-electron chi connectivity index (χ1n) is 18.2. The van der Waals surface area contributed by atoms with Crippen molar-refractivity contribution in [2.24, 2.45) is 16.7 Å². The molecule has 15 heteroatoms. The quantitative estimate of drug-likeness (QED) is 0.128. The molecule has 2 aromatic carbocycles. The Hall–Kier alpha value is -1.36. The average molecular weight is 1200 g/mol. The van der Waals surface area contributed by atoms with Gasteiger partial charge in [0.15, 0.2) is 11.9 Å². The summed E-state index contributed by atoms with van der Waals surface area (Å²) >= 11 is 0. The zero-order chi connectivity index (χ0) is 39.5. The predicted molar refractivity (Wildman–Crippen MR) is 192 cm³/mol. The van der Waals surface area contributed by atoms with Crippen molar-refractivity contribution in [3.05, 3.63) is 94.6 Å². The maximum atomic E-state index is 14.7. The van der Waals surface area contributed by atoms with Crippen LogP contribution in [0, 0.1) is 105 Å². The smallest absolute Gasteiger partial charge is 0.338 e. The first-order valence-corrected chi connectivity index (χ1v) is 18.2. The Morgan fingerprint density at radius 2 is 1.55 bits per heavy atom. The number of amides is 1. The molecule has 0 aromatic heterocycles. The molecule has 11 atom stereocenters. The van der Waals surface area contributed by atoms with Crippen LogP contribution in [0.2, 0.25) is 0 Å². The first-order chi connectivity index (χ1) is 25.3. The fourth-order valence-corrected chi connectivity index (χ4v) is 9.11. The standard InChI is InChI=1S/C41H49NO12.2Ac/c1-7-21(2)35(47)42-29(23-14-10-8-11-15-23)31(45)37(49)53-25-19-41(51)34(54-36(48)24-16-12-9-13-17-24)32-39(6,26(43)18-27-40(32,50)20-52-27)33(46)30(44)28(22(25)3)38(41,4)5;;/h7-17,25-27,29-32,34,43-45,50-51H,18-20H2,1-6H3,(H,42,47);;/b21-7+;;/t25?,26?,27?,29?,30?,31?,32?,34?,39-,40?,41?;;/m1../s1. The van der Waals surface area contributed by atoms with E-state index in [1.165, 1.54) is 26.0 Å². The van der Waals surface area contributed by atoms with Gasteiger partial charge in [0, 0.05) is 118 Å². The Kier molecular flexibility index (Phi) is 15.0. The number of ether oxygens (including phenoxy) is 3. The normalized spacial score (nSPS) is 34.3. The van der Waals surface area contributed by atoms with Crippen LogP contribution in [-0.2, 0) is 28.6 Å². The third-order valence-corrected chi connectivity index (χ3v) is 12.7. The number of fused-ring (bicyclic) bond motifs is 5.